The summed E-state index contributed by atoms with van der Waals surface area (Å²) in [4.78, 5) is 18.2. The van der Waals surface area contributed by atoms with Gasteiger partial charge in [-0.3, -0.25) is 0 Å². The molecule has 18 heavy (non-hydrogen) atoms. The SMILES string of the molecule is Nc1nc(NCc2ccccc2)nc(N)c1N=O. The van der Waals surface area contributed by atoms with E-state index in [1.165, 1.54) is 0 Å². The summed E-state index contributed by atoms with van der Waals surface area (Å²) in [5, 5.41) is 5.64. The van der Waals surface area contributed by atoms with Gasteiger partial charge in [-0.05, 0) is 10.7 Å². The molecule has 0 aliphatic heterocycles. The molecule has 0 aliphatic rings. The second-order valence-corrected chi connectivity index (χ2v) is 3.60. The third-order valence-electron chi connectivity index (χ3n) is 2.32. The zero-order chi connectivity index (χ0) is 13.0. The number of benzene rings is 1. The number of nitrogens with two attached hydrogens (primary N) is 2. The van der Waals surface area contributed by atoms with Gasteiger partial charge in [-0.15, -0.1) is 4.91 Å². The monoisotopic (exact) mass is 244 g/mol. The van der Waals surface area contributed by atoms with Crippen molar-refractivity contribution in [2.45, 2.75) is 6.54 Å². The van der Waals surface area contributed by atoms with Crippen molar-refractivity contribution in [3.8, 4) is 0 Å². The fourth-order valence-electron chi connectivity index (χ4n) is 1.44. The minimum Gasteiger partial charge on any atom is -0.382 e. The van der Waals surface area contributed by atoms with Gasteiger partial charge in [0.05, 0.1) is 0 Å². The van der Waals surface area contributed by atoms with Crippen LogP contribution < -0.4 is 16.8 Å². The fourth-order valence-corrected chi connectivity index (χ4v) is 1.44. The van der Waals surface area contributed by atoms with Crippen molar-refractivity contribution < 1.29 is 0 Å². The molecule has 1 aromatic carbocycles. The molecule has 0 unspecified atom stereocenters. The summed E-state index contributed by atoms with van der Waals surface area (Å²) in [6.45, 7) is 0.535. The highest BCUT2D eigenvalue weighted by Crippen LogP contribution is 2.26. The lowest BCUT2D eigenvalue weighted by atomic mass is 10.2. The van der Waals surface area contributed by atoms with Gasteiger partial charge >= 0.3 is 0 Å². The number of nitrogens with one attached hydrogen (secondary N) is 1. The lowest BCUT2D eigenvalue weighted by Gasteiger charge is -2.07. The van der Waals surface area contributed by atoms with Crippen LogP contribution in [-0.2, 0) is 6.54 Å². The topological polar surface area (TPSA) is 119 Å². The maximum atomic E-state index is 10.4. The summed E-state index contributed by atoms with van der Waals surface area (Å²) >= 11 is 0. The number of hydrogen-bond donors (Lipinski definition) is 3. The predicted molar refractivity (Wildman–Crippen MR) is 70.1 cm³/mol. The molecular weight excluding hydrogens is 232 g/mol. The Morgan fingerprint density at radius 2 is 1.72 bits per heavy atom. The van der Waals surface area contributed by atoms with Gasteiger partial charge in [0.25, 0.3) is 0 Å². The molecule has 0 bridgehead atoms. The van der Waals surface area contributed by atoms with Gasteiger partial charge < -0.3 is 16.8 Å². The first-order valence-electron chi connectivity index (χ1n) is 5.25. The molecule has 7 nitrogen and oxygen atoms in total. The molecule has 0 atom stereocenters. The zero-order valence-electron chi connectivity index (χ0n) is 9.50. The first-order valence-corrected chi connectivity index (χ1v) is 5.25. The minimum absolute atomic E-state index is 0.0342. The molecule has 1 aromatic heterocycles. The van der Waals surface area contributed by atoms with E-state index in [1.807, 2.05) is 30.3 Å². The van der Waals surface area contributed by atoms with Gasteiger partial charge in [-0.25, -0.2) is 0 Å². The number of rotatable bonds is 4. The standard InChI is InChI=1S/C11H12N6O/c12-9-8(17-18)10(13)16-11(15-9)14-6-7-4-2-1-3-5-7/h1-5H,6H2,(H5,12,13,14,15,16). The van der Waals surface area contributed by atoms with Gasteiger partial charge in [0.1, 0.15) is 0 Å². The summed E-state index contributed by atoms with van der Waals surface area (Å²) in [5.74, 6) is 0.197. The van der Waals surface area contributed by atoms with E-state index in [2.05, 4.69) is 20.5 Å². The van der Waals surface area contributed by atoms with Gasteiger partial charge in [-0.2, -0.15) is 9.97 Å². The maximum absolute atomic E-state index is 10.4. The number of nitrogens with zero attached hydrogens (tertiary/aromatic N) is 3. The Labute approximate surface area is 103 Å². The number of aromatic nitrogens is 2. The zero-order valence-corrected chi connectivity index (χ0v) is 9.50. The third kappa shape index (κ3) is 2.51. The lowest BCUT2D eigenvalue weighted by molar-refractivity contribution is 1.06. The van der Waals surface area contributed by atoms with E-state index in [0.29, 0.717) is 6.54 Å². The highest BCUT2D eigenvalue weighted by Gasteiger charge is 2.10. The van der Waals surface area contributed by atoms with Crippen LogP contribution in [0.25, 0.3) is 0 Å². The van der Waals surface area contributed by atoms with Crippen molar-refractivity contribution >= 4 is 23.3 Å². The van der Waals surface area contributed by atoms with E-state index in [-0.39, 0.29) is 23.3 Å². The second kappa shape index (κ2) is 5.09. The lowest BCUT2D eigenvalue weighted by Crippen LogP contribution is -2.07. The Kier molecular flexibility index (Phi) is 3.33. The number of anilines is 3. The van der Waals surface area contributed by atoms with Crippen LogP contribution in [0.3, 0.4) is 0 Å². The minimum atomic E-state index is -0.125. The summed E-state index contributed by atoms with van der Waals surface area (Å²) < 4.78 is 0. The van der Waals surface area contributed by atoms with Gasteiger partial charge in [-0.1, -0.05) is 30.3 Å². The quantitative estimate of drug-likeness (QED) is 0.703. The molecule has 7 heteroatoms. The number of nitrogen functional groups attached to an aromatic ring is 2. The van der Waals surface area contributed by atoms with Crippen LogP contribution in [0.5, 0.6) is 0 Å². The number of nitroso groups, excluding NO2 is 1. The fraction of sp³-hybridized carbons (Fsp3) is 0.0909. The predicted octanol–water partition coefficient (Wildman–Crippen LogP) is 1.65. The van der Waals surface area contributed by atoms with Crippen molar-refractivity contribution in [3.63, 3.8) is 0 Å². The molecule has 92 valence electrons. The van der Waals surface area contributed by atoms with E-state index in [9.17, 15) is 4.91 Å². The van der Waals surface area contributed by atoms with Crippen molar-refractivity contribution in [3.05, 3.63) is 40.8 Å². The van der Waals surface area contributed by atoms with Crippen LogP contribution in [0, 0.1) is 4.91 Å². The first-order chi connectivity index (χ1) is 8.70. The van der Waals surface area contributed by atoms with Gasteiger partial charge in [0.2, 0.25) is 5.95 Å². The molecule has 0 fully saturated rings. The highest BCUT2D eigenvalue weighted by atomic mass is 16.3. The molecule has 0 radical (unpaired) electrons. The summed E-state index contributed by atoms with van der Waals surface area (Å²) in [5.41, 5.74) is 12.0. The Morgan fingerprint density at radius 3 is 2.28 bits per heavy atom. The normalized spacial score (nSPS) is 10.0. The molecule has 2 rings (SSSR count). The van der Waals surface area contributed by atoms with Gasteiger partial charge in [0.15, 0.2) is 17.3 Å². The van der Waals surface area contributed by atoms with Gasteiger partial charge in [0, 0.05) is 6.54 Å². The summed E-state index contributed by atoms with van der Waals surface area (Å²) in [6.07, 6.45) is 0. The van der Waals surface area contributed by atoms with Crippen LogP contribution >= 0.6 is 0 Å². The van der Waals surface area contributed by atoms with E-state index >= 15 is 0 Å². The Morgan fingerprint density at radius 1 is 1.11 bits per heavy atom. The van der Waals surface area contributed by atoms with Crippen molar-refractivity contribution in [2.75, 3.05) is 16.8 Å². The van der Waals surface area contributed by atoms with Crippen molar-refractivity contribution in [2.24, 2.45) is 5.18 Å². The van der Waals surface area contributed by atoms with Crippen LogP contribution in [0.1, 0.15) is 5.56 Å². The van der Waals surface area contributed by atoms with E-state index in [4.69, 9.17) is 11.5 Å². The largest absolute Gasteiger partial charge is 0.382 e. The first kappa shape index (κ1) is 11.8. The number of hydrogen-bond acceptors (Lipinski definition) is 7. The van der Waals surface area contributed by atoms with Crippen molar-refractivity contribution in [1.29, 1.82) is 0 Å². The van der Waals surface area contributed by atoms with Crippen LogP contribution in [0.2, 0.25) is 0 Å². The Balaban J connectivity index is 2.13. The smallest absolute Gasteiger partial charge is 0.227 e. The molecule has 0 spiro atoms. The molecule has 0 saturated carbocycles. The highest BCUT2D eigenvalue weighted by molar-refractivity contribution is 5.71. The third-order valence-corrected chi connectivity index (χ3v) is 2.32. The second-order valence-electron chi connectivity index (χ2n) is 3.60. The van der Waals surface area contributed by atoms with Crippen LogP contribution in [0.4, 0.5) is 23.3 Å². The molecule has 0 saturated heterocycles. The van der Waals surface area contributed by atoms with Crippen molar-refractivity contribution in [1.82, 2.24) is 9.97 Å². The Hall–Kier alpha value is -2.70. The average molecular weight is 244 g/mol. The van der Waals surface area contributed by atoms with E-state index in [1.54, 1.807) is 0 Å². The maximum Gasteiger partial charge on any atom is 0.227 e. The molecule has 1 heterocycles. The van der Waals surface area contributed by atoms with E-state index < -0.39 is 0 Å². The average Bonchev–Trinajstić information content (AvgIpc) is 2.37. The molecule has 2 aromatic rings. The molecular formula is C11H12N6O. The van der Waals surface area contributed by atoms with E-state index in [0.717, 1.165) is 5.56 Å². The molecule has 5 N–H and O–H groups in total. The summed E-state index contributed by atoms with van der Waals surface area (Å²) in [6, 6.07) is 9.71. The van der Waals surface area contributed by atoms with Crippen LogP contribution in [0.15, 0.2) is 35.5 Å². The van der Waals surface area contributed by atoms with Crippen LogP contribution in [-0.4, -0.2) is 9.97 Å². The molecule has 0 amide bonds. The Bertz CT molecular complexity index is 534. The summed E-state index contributed by atoms with van der Waals surface area (Å²) in [7, 11) is 0. The molecule has 0 aliphatic carbocycles.